The maximum atomic E-state index is 11.3. The van der Waals surface area contributed by atoms with Gasteiger partial charge in [0.05, 0.1) is 11.4 Å². The molecule has 13 heavy (non-hydrogen) atoms. The van der Waals surface area contributed by atoms with Crippen molar-refractivity contribution in [1.82, 2.24) is 4.98 Å². The molecule has 0 aromatic carbocycles. The van der Waals surface area contributed by atoms with Gasteiger partial charge in [-0.1, -0.05) is 17.5 Å². The zero-order valence-corrected chi connectivity index (χ0v) is 7.93. The van der Waals surface area contributed by atoms with Gasteiger partial charge in [0.15, 0.2) is 5.78 Å². The van der Waals surface area contributed by atoms with Crippen molar-refractivity contribution in [2.45, 2.75) is 13.3 Å². The molecule has 1 aromatic rings. The fraction of sp³-hybridized carbons (Fsp3) is 0.200. The van der Waals surface area contributed by atoms with E-state index in [9.17, 15) is 4.79 Å². The molecule has 0 bridgehead atoms. The van der Waals surface area contributed by atoms with Crippen molar-refractivity contribution in [3.63, 3.8) is 0 Å². The molecule has 0 saturated heterocycles. The first-order valence-electron chi connectivity index (χ1n) is 3.78. The lowest BCUT2D eigenvalue weighted by molar-refractivity contribution is 0.0993. The molecule has 66 valence electrons. The quantitative estimate of drug-likeness (QED) is 0.533. The summed E-state index contributed by atoms with van der Waals surface area (Å²) < 4.78 is 0. The van der Waals surface area contributed by atoms with Crippen molar-refractivity contribution >= 4 is 17.4 Å². The van der Waals surface area contributed by atoms with Crippen LogP contribution < -0.4 is 0 Å². The van der Waals surface area contributed by atoms with Crippen LogP contribution in [-0.2, 0) is 0 Å². The highest BCUT2D eigenvalue weighted by Gasteiger charge is 2.04. The number of carbonyl (C=O) groups is 1. The van der Waals surface area contributed by atoms with Gasteiger partial charge in [0, 0.05) is 6.20 Å². The van der Waals surface area contributed by atoms with Crippen LogP contribution in [0, 0.1) is 11.8 Å². The maximum Gasteiger partial charge on any atom is 0.193 e. The molecule has 0 saturated carbocycles. The second-order valence-corrected chi connectivity index (χ2v) is 2.82. The molecule has 0 aliphatic heterocycles. The predicted octanol–water partition coefficient (Wildman–Crippen LogP) is 2.33. The summed E-state index contributed by atoms with van der Waals surface area (Å²) in [7, 11) is 0. The Morgan fingerprint density at radius 2 is 2.38 bits per heavy atom. The number of Topliss-reactive ketones (excluding diaryl/α,β-unsaturated/α-hetero) is 1. The Kier molecular flexibility index (Phi) is 3.48. The second kappa shape index (κ2) is 4.64. The van der Waals surface area contributed by atoms with Crippen LogP contribution in [0.1, 0.15) is 23.8 Å². The molecule has 0 atom stereocenters. The summed E-state index contributed by atoms with van der Waals surface area (Å²) >= 11 is 5.62. The van der Waals surface area contributed by atoms with Crippen LogP contribution in [0.15, 0.2) is 18.3 Å². The molecule has 0 aliphatic carbocycles. The number of aromatic nitrogens is 1. The minimum absolute atomic E-state index is 0.0778. The van der Waals surface area contributed by atoms with Crippen LogP contribution >= 0.6 is 11.6 Å². The van der Waals surface area contributed by atoms with Crippen molar-refractivity contribution < 1.29 is 4.79 Å². The molecule has 0 N–H and O–H groups in total. The molecule has 0 fully saturated rings. The van der Waals surface area contributed by atoms with Crippen molar-refractivity contribution in [3.8, 4) is 11.8 Å². The van der Waals surface area contributed by atoms with E-state index in [2.05, 4.69) is 16.8 Å². The Balaban J connectivity index is 2.76. The third kappa shape index (κ3) is 2.89. The van der Waals surface area contributed by atoms with E-state index in [0.717, 1.165) is 0 Å². The molecule has 1 rings (SSSR count). The number of hydrogen-bond donors (Lipinski definition) is 0. The van der Waals surface area contributed by atoms with E-state index in [1.807, 2.05) is 0 Å². The summed E-state index contributed by atoms with van der Waals surface area (Å²) in [6, 6.07) is 3.24. The lowest BCUT2D eigenvalue weighted by atomic mass is 10.2. The van der Waals surface area contributed by atoms with E-state index in [4.69, 9.17) is 11.6 Å². The smallest absolute Gasteiger partial charge is 0.193 e. The fourth-order valence-electron chi connectivity index (χ4n) is 0.800. The number of rotatable bonds is 2. The van der Waals surface area contributed by atoms with Gasteiger partial charge in [-0.05, 0) is 19.1 Å². The largest absolute Gasteiger partial charge is 0.291 e. The van der Waals surface area contributed by atoms with Gasteiger partial charge < -0.3 is 0 Å². The minimum Gasteiger partial charge on any atom is -0.291 e. The number of ketones is 1. The maximum absolute atomic E-state index is 11.3. The van der Waals surface area contributed by atoms with Gasteiger partial charge in [0.2, 0.25) is 0 Å². The summed E-state index contributed by atoms with van der Waals surface area (Å²) in [5.74, 6) is 5.27. The average Bonchev–Trinajstić information content (AvgIpc) is 2.15. The van der Waals surface area contributed by atoms with Gasteiger partial charge >= 0.3 is 0 Å². The van der Waals surface area contributed by atoms with E-state index in [-0.39, 0.29) is 12.2 Å². The lowest BCUT2D eigenvalue weighted by Crippen LogP contribution is -1.99. The Morgan fingerprint density at radius 1 is 1.62 bits per heavy atom. The molecule has 0 unspecified atom stereocenters. The van der Waals surface area contributed by atoms with E-state index >= 15 is 0 Å². The molecule has 0 radical (unpaired) electrons. The third-order valence-corrected chi connectivity index (χ3v) is 1.66. The molecule has 1 aromatic heterocycles. The molecule has 1 heterocycles. The summed E-state index contributed by atoms with van der Waals surface area (Å²) in [4.78, 5) is 15.2. The van der Waals surface area contributed by atoms with E-state index in [1.165, 1.54) is 6.20 Å². The van der Waals surface area contributed by atoms with E-state index in [0.29, 0.717) is 10.7 Å². The van der Waals surface area contributed by atoms with E-state index in [1.54, 1.807) is 19.1 Å². The summed E-state index contributed by atoms with van der Waals surface area (Å²) in [5.41, 5.74) is 0.409. The highest BCUT2D eigenvalue weighted by atomic mass is 35.5. The zero-order chi connectivity index (χ0) is 9.68. The first-order chi connectivity index (χ1) is 6.24. The number of carbonyl (C=O) groups excluding carboxylic acids is 1. The monoisotopic (exact) mass is 193 g/mol. The molecular weight excluding hydrogens is 186 g/mol. The van der Waals surface area contributed by atoms with Gasteiger partial charge in [0.1, 0.15) is 5.69 Å². The predicted molar refractivity (Wildman–Crippen MR) is 51.6 cm³/mol. The highest BCUT2D eigenvalue weighted by Crippen LogP contribution is 2.07. The number of pyridine rings is 1. The summed E-state index contributed by atoms with van der Waals surface area (Å²) in [5, 5.41) is 0.526. The van der Waals surface area contributed by atoms with Crippen molar-refractivity contribution in [2.24, 2.45) is 0 Å². The number of nitrogens with zero attached hydrogens (tertiary/aromatic N) is 1. The standard InChI is InChI=1S/C10H8ClNO/c1-2-3-4-10(13)9-6-5-8(11)7-12-9/h5-7H,4H2,1H3. The van der Waals surface area contributed by atoms with Gasteiger partial charge in [-0.15, -0.1) is 5.92 Å². The first-order valence-corrected chi connectivity index (χ1v) is 4.16. The normalized spacial score (nSPS) is 8.77. The van der Waals surface area contributed by atoms with Gasteiger partial charge in [0.25, 0.3) is 0 Å². The Hall–Kier alpha value is -1.33. The molecule has 0 amide bonds. The van der Waals surface area contributed by atoms with Crippen LogP contribution in [0.25, 0.3) is 0 Å². The average molecular weight is 194 g/mol. The fourth-order valence-corrected chi connectivity index (χ4v) is 0.912. The van der Waals surface area contributed by atoms with Crippen LogP contribution in [0.2, 0.25) is 5.02 Å². The van der Waals surface area contributed by atoms with Crippen molar-refractivity contribution in [1.29, 1.82) is 0 Å². The van der Waals surface area contributed by atoms with E-state index < -0.39 is 0 Å². The number of halogens is 1. The van der Waals surface area contributed by atoms with Crippen molar-refractivity contribution in [3.05, 3.63) is 29.0 Å². The Bertz CT molecular complexity index is 359. The molecule has 2 nitrogen and oxygen atoms in total. The third-order valence-electron chi connectivity index (χ3n) is 1.44. The van der Waals surface area contributed by atoms with Gasteiger partial charge in [-0.3, -0.25) is 9.78 Å². The topological polar surface area (TPSA) is 30.0 Å². The summed E-state index contributed by atoms with van der Waals surface area (Å²) in [6.45, 7) is 1.70. The molecule has 3 heteroatoms. The Morgan fingerprint density at radius 3 is 2.92 bits per heavy atom. The Labute approximate surface area is 81.9 Å². The SMILES string of the molecule is CC#CCC(=O)c1ccc(Cl)cn1. The molecule has 0 aliphatic rings. The summed E-state index contributed by atoms with van der Waals surface area (Å²) in [6.07, 6.45) is 1.67. The first kappa shape index (κ1) is 9.76. The van der Waals surface area contributed by atoms with Gasteiger partial charge in [-0.2, -0.15) is 0 Å². The highest BCUT2D eigenvalue weighted by molar-refractivity contribution is 6.30. The van der Waals surface area contributed by atoms with Crippen LogP contribution in [0.5, 0.6) is 0 Å². The molecule has 0 spiro atoms. The number of hydrogen-bond acceptors (Lipinski definition) is 2. The second-order valence-electron chi connectivity index (χ2n) is 2.39. The minimum atomic E-state index is -0.0778. The lowest BCUT2D eigenvalue weighted by Gasteiger charge is -1.94. The van der Waals surface area contributed by atoms with Gasteiger partial charge in [-0.25, -0.2) is 0 Å². The zero-order valence-electron chi connectivity index (χ0n) is 7.17. The van der Waals surface area contributed by atoms with Crippen LogP contribution in [-0.4, -0.2) is 10.8 Å². The van der Waals surface area contributed by atoms with Crippen molar-refractivity contribution in [2.75, 3.05) is 0 Å². The molecular formula is C10H8ClNO. The van der Waals surface area contributed by atoms with Crippen LogP contribution in [0.3, 0.4) is 0 Å². The van der Waals surface area contributed by atoms with Crippen LogP contribution in [0.4, 0.5) is 0 Å².